The van der Waals surface area contributed by atoms with Crippen LogP contribution in [0.25, 0.3) is 22.2 Å². The highest BCUT2D eigenvalue weighted by Crippen LogP contribution is 2.40. The fourth-order valence-corrected chi connectivity index (χ4v) is 4.55. The monoisotopic (exact) mass is 532 g/mol. The van der Waals surface area contributed by atoms with Gasteiger partial charge in [0.15, 0.2) is 0 Å². The van der Waals surface area contributed by atoms with E-state index in [4.69, 9.17) is 5.73 Å². The molecule has 3 N–H and O–H groups in total. The molecule has 0 aliphatic carbocycles. The Hall–Kier alpha value is -4.42. The van der Waals surface area contributed by atoms with Gasteiger partial charge in [0.1, 0.15) is 35.2 Å². The number of nitrogens with two attached hydrogens (primary N) is 1. The van der Waals surface area contributed by atoms with E-state index in [9.17, 15) is 22.4 Å². The Morgan fingerprint density at radius 2 is 1.89 bits per heavy atom. The minimum absolute atomic E-state index is 0.0117. The third-order valence-corrected chi connectivity index (χ3v) is 6.24. The number of anilines is 3. The molecule has 0 saturated heterocycles. The van der Waals surface area contributed by atoms with Crippen LogP contribution in [-0.4, -0.2) is 33.5 Å². The smallest absolute Gasteiger partial charge is 0.406 e. The summed E-state index contributed by atoms with van der Waals surface area (Å²) < 4.78 is 73.3. The highest BCUT2D eigenvalue weighted by Gasteiger charge is 2.32. The number of carbonyl (C=O) groups is 1. The number of hydrogen-bond acceptors (Lipinski definition) is 5. The number of aromatic nitrogens is 3. The molecule has 0 fully saturated rings. The SMILES string of the molecule is CC(C)n1cc(-c2ccc3c(c2F)CCN3C(=O)Nc2cc(OC(F)(F)F)ccc2F)c2c(N)ncnc21. The number of benzene rings is 2. The second kappa shape index (κ2) is 9.15. The maximum atomic E-state index is 15.8. The van der Waals surface area contributed by atoms with Crippen LogP contribution in [0, 0.1) is 11.6 Å². The summed E-state index contributed by atoms with van der Waals surface area (Å²) in [7, 11) is 0. The standard InChI is InChI=1S/C25H21F5N6O2/c1-12(2)36-10-16(20-22(31)32-11-33-23(20)36)14-4-6-19-15(21(14)27)7-8-35(19)24(37)34-18-9-13(3-5-17(18)26)38-25(28,29)30/h3-6,9-12H,7-8H2,1-2H3,(H,34,37)(H2,31,32,33). The summed E-state index contributed by atoms with van der Waals surface area (Å²) in [5, 5.41) is 2.74. The van der Waals surface area contributed by atoms with Gasteiger partial charge in [0.2, 0.25) is 0 Å². The molecule has 0 radical (unpaired) electrons. The molecular formula is C25H21F5N6O2. The largest absolute Gasteiger partial charge is 0.573 e. The van der Waals surface area contributed by atoms with Gasteiger partial charge in [0.25, 0.3) is 0 Å². The molecule has 198 valence electrons. The summed E-state index contributed by atoms with van der Waals surface area (Å²) in [6, 6.07) is 4.48. The van der Waals surface area contributed by atoms with Gasteiger partial charge >= 0.3 is 12.4 Å². The number of fused-ring (bicyclic) bond motifs is 2. The molecule has 4 aromatic rings. The van der Waals surface area contributed by atoms with E-state index in [-0.39, 0.29) is 41.6 Å². The predicted molar refractivity (Wildman–Crippen MR) is 131 cm³/mol. The molecule has 5 rings (SSSR count). The van der Waals surface area contributed by atoms with Crippen LogP contribution < -0.4 is 20.7 Å². The molecule has 0 unspecified atom stereocenters. The average molecular weight is 532 g/mol. The maximum Gasteiger partial charge on any atom is 0.573 e. The first-order valence-electron chi connectivity index (χ1n) is 11.5. The number of nitrogens with one attached hydrogen (secondary N) is 1. The average Bonchev–Trinajstić information content (AvgIpc) is 3.44. The van der Waals surface area contributed by atoms with Crippen molar-refractivity contribution in [2.75, 3.05) is 22.5 Å². The zero-order valence-corrected chi connectivity index (χ0v) is 20.1. The first-order chi connectivity index (χ1) is 17.9. The maximum absolute atomic E-state index is 15.8. The number of nitrogens with zero attached hydrogens (tertiary/aromatic N) is 4. The number of carbonyl (C=O) groups excluding carboxylic acids is 1. The van der Waals surface area contributed by atoms with Crippen LogP contribution in [0.3, 0.4) is 0 Å². The lowest BCUT2D eigenvalue weighted by Crippen LogP contribution is -2.33. The summed E-state index contributed by atoms with van der Waals surface area (Å²) in [5.74, 6) is -2.02. The third-order valence-electron chi connectivity index (χ3n) is 6.24. The third kappa shape index (κ3) is 4.44. The summed E-state index contributed by atoms with van der Waals surface area (Å²) in [6.07, 6.45) is -1.73. The van der Waals surface area contributed by atoms with E-state index in [0.717, 1.165) is 18.2 Å². The van der Waals surface area contributed by atoms with Gasteiger partial charge in [-0.05, 0) is 44.5 Å². The number of amides is 2. The van der Waals surface area contributed by atoms with Gasteiger partial charge in [-0.15, -0.1) is 13.2 Å². The lowest BCUT2D eigenvalue weighted by molar-refractivity contribution is -0.274. The van der Waals surface area contributed by atoms with Crippen LogP contribution >= 0.6 is 0 Å². The molecular weight excluding hydrogens is 511 g/mol. The van der Waals surface area contributed by atoms with Crippen LogP contribution in [0.1, 0.15) is 25.5 Å². The van der Waals surface area contributed by atoms with Crippen molar-refractivity contribution in [2.24, 2.45) is 0 Å². The number of nitrogen functional groups attached to an aromatic ring is 1. The van der Waals surface area contributed by atoms with Gasteiger partial charge in [-0.25, -0.2) is 23.5 Å². The van der Waals surface area contributed by atoms with Gasteiger partial charge < -0.3 is 20.4 Å². The molecule has 0 atom stereocenters. The lowest BCUT2D eigenvalue weighted by Gasteiger charge is -2.19. The molecule has 3 heterocycles. The van der Waals surface area contributed by atoms with Gasteiger partial charge in [0, 0.05) is 41.5 Å². The second-order valence-electron chi connectivity index (χ2n) is 8.95. The van der Waals surface area contributed by atoms with E-state index in [1.54, 1.807) is 12.3 Å². The number of ether oxygens (including phenoxy) is 1. The Morgan fingerprint density at radius 3 is 2.61 bits per heavy atom. The number of urea groups is 1. The lowest BCUT2D eigenvalue weighted by atomic mass is 10.0. The van der Waals surface area contributed by atoms with E-state index in [2.05, 4.69) is 20.0 Å². The van der Waals surface area contributed by atoms with Crippen LogP contribution in [0.5, 0.6) is 5.75 Å². The molecule has 0 spiro atoms. The quantitative estimate of drug-likeness (QED) is 0.313. The van der Waals surface area contributed by atoms with Crippen molar-refractivity contribution in [2.45, 2.75) is 32.7 Å². The van der Waals surface area contributed by atoms with E-state index < -0.39 is 35.5 Å². The molecule has 2 amide bonds. The predicted octanol–water partition coefficient (Wildman–Crippen LogP) is 6.03. The second-order valence-corrected chi connectivity index (χ2v) is 8.95. The first kappa shape index (κ1) is 25.2. The van der Waals surface area contributed by atoms with Crippen molar-refractivity contribution in [1.29, 1.82) is 0 Å². The minimum atomic E-state index is -4.99. The van der Waals surface area contributed by atoms with Crippen molar-refractivity contribution in [3.8, 4) is 16.9 Å². The van der Waals surface area contributed by atoms with Gasteiger partial charge in [-0.1, -0.05) is 0 Å². The summed E-state index contributed by atoms with van der Waals surface area (Å²) in [6.45, 7) is 3.97. The zero-order valence-electron chi connectivity index (χ0n) is 20.1. The highest BCUT2D eigenvalue weighted by molar-refractivity contribution is 6.05. The normalized spacial score (nSPS) is 13.3. The number of halogens is 5. The molecule has 2 aromatic heterocycles. The Bertz CT molecular complexity index is 1570. The molecule has 13 heteroatoms. The van der Waals surface area contributed by atoms with Crippen molar-refractivity contribution in [1.82, 2.24) is 14.5 Å². The van der Waals surface area contributed by atoms with Crippen molar-refractivity contribution >= 4 is 34.3 Å². The van der Waals surface area contributed by atoms with Crippen molar-refractivity contribution < 1.29 is 31.5 Å². The van der Waals surface area contributed by atoms with E-state index in [1.165, 1.54) is 17.3 Å². The minimum Gasteiger partial charge on any atom is -0.406 e. The molecule has 1 aliphatic heterocycles. The summed E-state index contributed by atoms with van der Waals surface area (Å²) in [4.78, 5) is 22.5. The van der Waals surface area contributed by atoms with Gasteiger partial charge in [-0.3, -0.25) is 4.90 Å². The first-order valence-corrected chi connectivity index (χ1v) is 11.5. The number of rotatable bonds is 4. The molecule has 2 aromatic carbocycles. The van der Waals surface area contributed by atoms with E-state index in [1.807, 2.05) is 18.4 Å². The van der Waals surface area contributed by atoms with E-state index >= 15 is 4.39 Å². The Labute approximate surface area is 212 Å². The molecule has 0 bridgehead atoms. The van der Waals surface area contributed by atoms with Crippen LogP contribution in [-0.2, 0) is 6.42 Å². The Balaban J connectivity index is 1.47. The van der Waals surface area contributed by atoms with E-state index in [0.29, 0.717) is 16.6 Å². The fraction of sp³-hybridized carbons (Fsp3) is 0.240. The summed E-state index contributed by atoms with van der Waals surface area (Å²) >= 11 is 0. The van der Waals surface area contributed by atoms with Gasteiger partial charge in [-0.2, -0.15) is 0 Å². The number of alkyl halides is 3. The highest BCUT2D eigenvalue weighted by atomic mass is 19.4. The topological polar surface area (TPSA) is 98.3 Å². The molecule has 38 heavy (non-hydrogen) atoms. The molecule has 1 aliphatic rings. The van der Waals surface area contributed by atoms with Crippen molar-refractivity contribution in [3.05, 3.63) is 60.1 Å². The Morgan fingerprint density at radius 1 is 1.13 bits per heavy atom. The van der Waals surface area contributed by atoms with Crippen molar-refractivity contribution in [3.63, 3.8) is 0 Å². The Kier molecular flexibility index (Phi) is 6.08. The van der Waals surface area contributed by atoms with Crippen LogP contribution in [0.2, 0.25) is 0 Å². The van der Waals surface area contributed by atoms with Gasteiger partial charge in [0.05, 0.1) is 16.8 Å². The summed E-state index contributed by atoms with van der Waals surface area (Å²) in [5.41, 5.74) is 7.42. The zero-order chi connectivity index (χ0) is 27.4. The fourth-order valence-electron chi connectivity index (χ4n) is 4.55. The van der Waals surface area contributed by atoms with Crippen LogP contribution in [0.4, 0.5) is 43.9 Å². The van der Waals surface area contributed by atoms with Crippen LogP contribution in [0.15, 0.2) is 42.9 Å². The molecule has 8 nitrogen and oxygen atoms in total. The number of hydrogen-bond donors (Lipinski definition) is 2. The molecule has 0 saturated carbocycles.